The van der Waals surface area contributed by atoms with E-state index in [0.717, 1.165) is 32.8 Å². The summed E-state index contributed by atoms with van der Waals surface area (Å²) < 4.78 is 6.38. The summed E-state index contributed by atoms with van der Waals surface area (Å²) in [6, 6.07) is 19.5. The van der Waals surface area contributed by atoms with Crippen molar-refractivity contribution >= 4 is 32.6 Å². The summed E-state index contributed by atoms with van der Waals surface area (Å²) in [6.07, 6.45) is 2.02. The van der Waals surface area contributed by atoms with Crippen molar-refractivity contribution in [2.24, 2.45) is 0 Å². The number of benzene rings is 2. The predicted molar refractivity (Wildman–Crippen MR) is 116 cm³/mol. The molecule has 0 bridgehead atoms. The van der Waals surface area contributed by atoms with Crippen LogP contribution in [0.15, 0.2) is 66.9 Å². The number of carbonyl (C=O) groups excluding carboxylic acids is 1. The summed E-state index contributed by atoms with van der Waals surface area (Å²) in [5.74, 6) is 0.803. The fourth-order valence-electron chi connectivity index (χ4n) is 3.21. The molecule has 4 rings (SSSR count). The molecule has 0 fully saturated rings. The molecule has 4 aromatic rings. The third kappa shape index (κ3) is 4.27. The topological polar surface area (TPSA) is 55.3 Å². The van der Waals surface area contributed by atoms with Crippen molar-refractivity contribution in [2.45, 2.75) is 19.9 Å². The van der Waals surface area contributed by atoms with Crippen molar-refractivity contribution in [3.63, 3.8) is 0 Å². The van der Waals surface area contributed by atoms with Crippen molar-refractivity contribution in [3.8, 4) is 5.75 Å². The second-order valence-corrected chi connectivity index (χ2v) is 7.75. The van der Waals surface area contributed by atoms with E-state index >= 15 is 0 Å². The highest BCUT2D eigenvalue weighted by atomic mass is 32.1. The van der Waals surface area contributed by atoms with E-state index in [1.54, 1.807) is 18.2 Å². The molecule has 1 amide bonds. The number of carbonyl (C=O) groups is 1. The van der Waals surface area contributed by atoms with Crippen LogP contribution in [0.1, 0.15) is 16.8 Å². The maximum Gasteiger partial charge on any atom is 0.233 e. The number of hydrogen-bond acceptors (Lipinski definition) is 5. The smallest absolute Gasteiger partial charge is 0.233 e. The molecule has 0 saturated heterocycles. The minimum Gasteiger partial charge on any atom is -0.496 e. The molecule has 0 aliphatic heterocycles. The van der Waals surface area contributed by atoms with E-state index in [2.05, 4.69) is 4.98 Å². The third-order valence-electron chi connectivity index (χ3n) is 4.68. The minimum absolute atomic E-state index is 0.0146. The lowest BCUT2D eigenvalue weighted by Gasteiger charge is -2.20. The van der Waals surface area contributed by atoms with E-state index in [-0.39, 0.29) is 12.3 Å². The van der Waals surface area contributed by atoms with Gasteiger partial charge in [-0.3, -0.25) is 14.7 Å². The summed E-state index contributed by atoms with van der Waals surface area (Å²) in [4.78, 5) is 24.1. The molecular formula is C23H21N3O2S. The number of amides is 1. The number of aryl methyl sites for hydroxylation is 1. The zero-order valence-electron chi connectivity index (χ0n) is 16.3. The first kappa shape index (κ1) is 19.1. The zero-order chi connectivity index (χ0) is 20.2. The molecule has 0 unspecified atom stereocenters. The average molecular weight is 404 g/mol. The molecule has 0 aliphatic carbocycles. The summed E-state index contributed by atoms with van der Waals surface area (Å²) in [5.41, 5.74) is 3.67. The molecule has 2 aromatic heterocycles. The van der Waals surface area contributed by atoms with E-state index in [1.807, 2.05) is 67.6 Å². The van der Waals surface area contributed by atoms with Gasteiger partial charge in [-0.1, -0.05) is 41.7 Å². The monoisotopic (exact) mass is 403 g/mol. The van der Waals surface area contributed by atoms with Crippen LogP contribution in [0.5, 0.6) is 5.75 Å². The lowest BCUT2D eigenvalue weighted by molar-refractivity contribution is -0.118. The van der Waals surface area contributed by atoms with Gasteiger partial charge in [0.15, 0.2) is 5.13 Å². The fourth-order valence-corrected chi connectivity index (χ4v) is 4.19. The molecule has 0 aliphatic rings. The number of para-hydroxylation sites is 1. The Morgan fingerprint density at radius 2 is 1.93 bits per heavy atom. The highest BCUT2D eigenvalue weighted by molar-refractivity contribution is 7.22. The van der Waals surface area contributed by atoms with Crippen molar-refractivity contribution in [2.75, 3.05) is 12.0 Å². The Bertz CT molecular complexity index is 1110. The Balaban J connectivity index is 1.65. The van der Waals surface area contributed by atoms with Crippen LogP contribution in [-0.2, 0) is 17.8 Å². The molecule has 0 saturated carbocycles. The van der Waals surface area contributed by atoms with Gasteiger partial charge in [0, 0.05) is 6.20 Å². The van der Waals surface area contributed by atoms with Gasteiger partial charge in [-0.2, -0.15) is 0 Å². The molecule has 0 spiro atoms. The van der Waals surface area contributed by atoms with E-state index in [9.17, 15) is 4.79 Å². The number of methoxy groups -OCH3 is 1. The lowest BCUT2D eigenvalue weighted by Crippen LogP contribution is -2.32. The summed E-state index contributed by atoms with van der Waals surface area (Å²) in [6.45, 7) is 2.36. The SMILES string of the molecule is COc1ccc(CC(=O)N(Cc2ccccn2)c2nc3ccccc3s2)cc1C. The van der Waals surface area contributed by atoms with Crippen LogP contribution in [0, 0.1) is 6.92 Å². The standard InChI is InChI=1S/C23H21N3O2S/c1-16-13-17(10-11-20(16)28-2)14-22(27)26(15-18-7-5-6-12-24-18)23-25-19-8-3-4-9-21(19)29-23/h3-13H,14-15H2,1-2H3. The number of pyridine rings is 1. The summed E-state index contributed by atoms with van der Waals surface area (Å²) in [5, 5.41) is 0.687. The quantitative estimate of drug-likeness (QED) is 0.465. The van der Waals surface area contributed by atoms with Crippen molar-refractivity contribution in [1.82, 2.24) is 9.97 Å². The number of fused-ring (bicyclic) bond motifs is 1. The second kappa shape index (κ2) is 8.41. The molecule has 29 heavy (non-hydrogen) atoms. The van der Waals surface area contributed by atoms with Gasteiger partial charge < -0.3 is 4.74 Å². The van der Waals surface area contributed by atoms with Gasteiger partial charge in [0.05, 0.1) is 36.0 Å². The van der Waals surface area contributed by atoms with E-state index in [4.69, 9.17) is 9.72 Å². The van der Waals surface area contributed by atoms with Crippen LogP contribution in [0.3, 0.4) is 0 Å². The zero-order valence-corrected chi connectivity index (χ0v) is 17.1. The molecule has 0 N–H and O–H groups in total. The largest absolute Gasteiger partial charge is 0.496 e. The van der Waals surface area contributed by atoms with Gasteiger partial charge in [-0.25, -0.2) is 4.98 Å². The van der Waals surface area contributed by atoms with Crippen LogP contribution in [0.2, 0.25) is 0 Å². The van der Waals surface area contributed by atoms with E-state index in [0.29, 0.717) is 11.7 Å². The fraction of sp³-hybridized carbons (Fsp3) is 0.174. The van der Waals surface area contributed by atoms with Gasteiger partial charge in [0.2, 0.25) is 5.91 Å². The van der Waals surface area contributed by atoms with Gasteiger partial charge in [-0.15, -0.1) is 0 Å². The first-order valence-corrected chi connectivity index (χ1v) is 10.1. The van der Waals surface area contributed by atoms with Crippen molar-refractivity contribution in [1.29, 1.82) is 0 Å². The number of nitrogens with zero attached hydrogens (tertiary/aromatic N) is 3. The highest BCUT2D eigenvalue weighted by Gasteiger charge is 2.21. The maximum absolute atomic E-state index is 13.3. The van der Waals surface area contributed by atoms with Gasteiger partial charge >= 0.3 is 0 Å². The Hall–Kier alpha value is -3.25. The van der Waals surface area contributed by atoms with Crippen LogP contribution >= 0.6 is 11.3 Å². The predicted octanol–water partition coefficient (Wildman–Crippen LogP) is 4.78. The number of hydrogen-bond donors (Lipinski definition) is 0. The van der Waals surface area contributed by atoms with Crippen molar-refractivity contribution in [3.05, 3.63) is 83.7 Å². The van der Waals surface area contributed by atoms with Crippen LogP contribution < -0.4 is 9.64 Å². The number of thiazole rings is 1. The van der Waals surface area contributed by atoms with E-state index in [1.165, 1.54) is 11.3 Å². The van der Waals surface area contributed by atoms with Crippen LogP contribution in [0.4, 0.5) is 5.13 Å². The minimum atomic E-state index is -0.0146. The second-order valence-electron chi connectivity index (χ2n) is 6.75. The number of aromatic nitrogens is 2. The molecule has 2 heterocycles. The number of rotatable bonds is 6. The highest BCUT2D eigenvalue weighted by Crippen LogP contribution is 2.30. The first-order valence-electron chi connectivity index (χ1n) is 9.33. The van der Waals surface area contributed by atoms with Crippen molar-refractivity contribution < 1.29 is 9.53 Å². The Kier molecular flexibility index (Phi) is 5.53. The van der Waals surface area contributed by atoms with E-state index < -0.39 is 0 Å². The van der Waals surface area contributed by atoms with Gasteiger partial charge in [-0.05, 0) is 48.4 Å². The first-order chi connectivity index (χ1) is 14.1. The third-order valence-corrected chi connectivity index (χ3v) is 5.73. The molecule has 5 nitrogen and oxygen atoms in total. The molecule has 0 atom stereocenters. The molecule has 0 radical (unpaired) electrons. The Morgan fingerprint density at radius 1 is 1.10 bits per heavy atom. The molecule has 146 valence electrons. The summed E-state index contributed by atoms with van der Waals surface area (Å²) in [7, 11) is 1.65. The number of ether oxygens (including phenoxy) is 1. The molecular weight excluding hydrogens is 382 g/mol. The lowest BCUT2D eigenvalue weighted by atomic mass is 10.1. The van der Waals surface area contributed by atoms with Gasteiger partial charge in [0.1, 0.15) is 5.75 Å². The Morgan fingerprint density at radius 3 is 2.66 bits per heavy atom. The Labute approximate surface area is 173 Å². The van der Waals surface area contributed by atoms with Crippen LogP contribution in [0.25, 0.3) is 10.2 Å². The number of anilines is 1. The maximum atomic E-state index is 13.3. The summed E-state index contributed by atoms with van der Waals surface area (Å²) >= 11 is 1.52. The molecule has 6 heteroatoms. The average Bonchev–Trinajstić information content (AvgIpc) is 3.16. The van der Waals surface area contributed by atoms with Crippen LogP contribution in [-0.4, -0.2) is 23.0 Å². The molecule has 2 aromatic carbocycles. The van der Waals surface area contributed by atoms with Gasteiger partial charge in [0.25, 0.3) is 0 Å². The normalized spacial score (nSPS) is 10.8.